The van der Waals surface area contributed by atoms with Crippen molar-refractivity contribution in [3.05, 3.63) is 59.7 Å². The van der Waals surface area contributed by atoms with E-state index in [1.54, 1.807) is 6.26 Å². The monoisotopic (exact) mass is 345 g/mol. The fraction of sp³-hybridized carbons (Fsp3) is 0.316. The molecule has 24 heavy (non-hydrogen) atoms. The molecule has 0 unspecified atom stereocenters. The summed E-state index contributed by atoms with van der Waals surface area (Å²) in [6.07, 6.45) is 2.72. The Morgan fingerprint density at radius 1 is 1.17 bits per heavy atom. The van der Waals surface area contributed by atoms with Gasteiger partial charge >= 0.3 is 0 Å². The lowest BCUT2D eigenvalue weighted by Crippen LogP contribution is -2.13. The van der Waals surface area contributed by atoms with E-state index in [1.807, 2.05) is 55.5 Å². The molecule has 0 fully saturated rings. The van der Waals surface area contributed by atoms with Crippen molar-refractivity contribution in [1.82, 2.24) is 0 Å². The van der Waals surface area contributed by atoms with Crippen LogP contribution in [0.5, 0.6) is 5.75 Å². The summed E-state index contributed by atoms with van der Waals surface area (Å²) in [6, 6.07) is 15.3. The van der Waals surface area contributed by atoms with Crippen molar-refractivity contribution in [3.8, 4) is 5.75 Å². The van der Waals surface area contributed by atoms with Gasteiger partial charge in [-0.1, -0.05) is 24.3 Å². The molecule has 0 radical (unpaired) electrons. The fourth-order valence-electron chi connectivity index (χ4n) is 2.32. The second-order valence-corrected chi connectivity index (χ2v) is 7.17. The zero-order valence-corrected chi connectivity index (χ0v) is 14.9. The van der Waals surface area contributed by atoms with Crippen LogP contribution < -0.4 is 10.1 Å². The van der Waals surface area contributed by atoms with E-state index >= 15 is 0 Å². The van der Waals surface area contributed by atoms with E-state index in [2.05, 4.69) is 5.32 Å². The predicted octanol–water partition coefficient (Wildman–Crippen LogP) is 3.67. The van der Waals surface area contributed by atoms with Crippen molar-refractivity contribution in [2.75, 3.05) is 18.2 Å². The summed E-state index contributed by atoms with van der Waals surface area (Å²) in [5.74, 6) is 1.28. The number of nitrogens with one attached hydrogen (secondary N) is 1. The Bertz CT molecular complexity index is 715. The highest BCUT2D eigenvalue weighted by Gasteiger charge is 2.04. The highest BCUT2D eigenvalue weighted by atomic mass is 32.2. The summed E-state index contributed by atoms with van der Waals surface area (Å²) in [5.41, 5.74) is 2.84. The second-order valence-electron chi connectivity index (χ2n) is 5.73. The van der Waals surface area contributed by atoms with Crippen LogP contribution in [0.4, 0.5) is 5.69 Å². The van der Waals surface area contributed by atoms with Gasteiger partial charge in [-0.15, -0.1) is 0 Å². The lowest BCUT2D eigenvalue weighted by atomic mass is 10.2. The third-order valence-corrected chi connectivity index (χ3v) is 4.13. The third kappa shape index (κ3) is 6.54. The maximum atomic E-state index is 12.0. The maximum absolute atomic E-state index is 12.0. The van der Waals surface area contributed by atoms with E-state index in [0.717, 1.165) is 22.6 Å². The molecule has 0 aliphatic rings. The van der Waals surface area contributed by atoms with Crippen LogP contribution in [-0.4, -0.2) is 23.0 Å². The molecule has 0 bridgehead atoms. The van der Waals surface area contributed by atoms with Crippen LogP contribution in [0, 0.1) is 6.92 Å². The molecule has 0 aliphatic carbocycles. The fourth-order valence-corrected chi connectivity index (χ4v) is 2.97. The van der Waals surface area contributed by atoms with Crippen LogP contribution >= 0.6 is 0 Å². The summed E-state index contributed by atoms with van der Waals surface area (Å²) in [7, 11) is -0.893. The molecule has 5 heteroatoms. The van der Waals surface area contributed by atoms with E-state index < -0.39 is 10.8 Å². The van der Waals surface area contributed by atoms with Gasteiger partial charge in [-0.25, -0.2) is 0 Å². The average molecular weight is 345 g/mol. The van der Waals surface area contributed by atoms with Crippen molar-refractivity contribution in [2.45, 2.75) is 25.5 Å². The van der Waals surface area contributed by atoms with Crippen molar-refractivity contribution in [3.63, 3.8) is 0 Å². The van der Waals surface area contributed by atoms with E-state index in [1.165, 1.54) is 0 Å². The zero-order valence-electron chi connectivity index (χ0n) is 14.1. The number of hydrogen-bond donors (Lipinski definition) is 1. The largest absolute Gasteiger partial charge is 0.494 e. The van der Waals surface area contributed by atoms with Crippen LogP contribution in [0.1, 0.15) is 24.0 Å². The molecule has 1 amide bonds. The summed E-state index contributed by atoms with van der Waals surface area (Å²) >= 11 is 0. The predicted molar refractivity (Wildman–Crippen MR) is 98.8 cm³/mol. The normalized spacial score (nSPS) is 11.8. The van der Waals surface area contributed by atoms with Gasteiger partial charge in [0.15, 0.2) is 0 Å². The van der Waals surface area contributed by atoms with Crippen molar-refractivity contribution in [2.24, 2.45) is 0 Å². The minimum atomic E-state index is -0.893. The number of ether oxygens (including phenoxy) is 1. The SMILES string of the molecule is Cc1cccc(OCCCC(=O)Nc2cccc(C[S@@](C)=O)c2)c1. The van der Waals surface area contributed by atoms with Crippen LogP contribution in [0.25, 0.3) is 0 Å². The molecule has 0 saturated carbocycles. The molecular weight excluding hydrogens is 322 g/mol. The Morgan fingerprint density at radius 3 is 2.71 bits per heavy atom. The van der Waals surface area contributed by atoms with Gasteiger partial charge in [0.05, 0.1) is 6.61 Å². The molecule has 1 atom stereocenters. The molecular formula is C19H23NO3S. The quantitative estimate of drug-likeness (QED) is 0.743. The van der Waals surface area contributed by atoms with E-state index in [9.17, 15) is 9.00 Å². The molecule has 0 spiro atoms. The lowest BCUT2D eigenvalue weighted by Gasteiger charge is -2.08. The maximum Gasteiger partial charge on any atom is 0.224 e. The molecule has 4 nitrogen and oxygen atoms in total. The highest BCUT2D eigenvalue weighted by Crippen LogP contribution is 2.14. The molecule has 0 saturated heterocycles. The first-order valence-corrected chi connectivity index (χ1v) is 9.64. The van der Waals surface area contributed by atoms with Crippen molar-refractivity contribution >= 4 is 22.4 Å². The smallest absolute Gasteiger partial charge is 0.224 e. The molecule has 0 aromatic heterocycles. The summed E-state index contributed by atoms with van der Waals surface area (Å²) < 4.78 is 16.9. The van der Waals surface area contributed by atoms with Crippen molar-refractivity contribution < 1.29 is 13.7 Å². The number of carbonyl (C=O) groups is 1. The minimum Gasteiger partial charge on any atom is -0.494 e. The molecule has 128 valence electrons. The van der Waals surface area contributed by atoms with Crippen LogP contribution in [0.3, 0.4) is 0 Å². The number of hydrogen-bond acceptors (Lipinski definition) is 3. The molecule has 0 heterocycles. The first-order valence-electron chi connectivity index (χ1n) is 7.91. The number of anilines is 1. The third-order valence-electron chi connectivity index (χ3n) is 3.39. The number of rotatable bonds is 8. The van der Waals surface area contributed by atoms with E-state index in [-0.39, 0.29) is 5.91 Å². The topological polar surface area (TPSA) is 55.4 Å². The van der Waals surface area contributed by atoms with Gasteiger partial charge < -0.3 is 10.1 Å². The zero-order chi connectivity index (χ0) is 17.4. The average Bonchev–Trinajstić information content (AvgIpc) is 2.51. The van der Waals surface area contributed by atoms with Crippen LogP contribution in [0.15, 0.2) is 48.5 Å². The Hall–Kier alpha value is -2.14. The first kappa shape index (κ1) is 18.2. The second kappa shape index (κ2) is 9.23. The summed E-state index contributed by atoms with van der Waals surface area (Å²) in [4.78, 5) is 12.0. The summed E-state index contributed by atoms with van der Waals surface area (Å²) in [6.45, 7) is 2.52. The van der Waals surface area contributed by atoms with E-state index in [4.69, 9.17) is 4.74 Å². The molecule has 1 N–H and O–H groups in total. The highest BCUT2D eigenvalue weighted by molar-refractivity contribution is 7.83. The molecule has 0 aliphatic heterocycles. The first-order chi connectivity index (χ1) is 11.5. The number of carbonyl (C=O) groups excluding carboxylic acids is 1. The van der Waals surface area contributed by atoms with E-state index in [0.29, 0.717) is 25.2 Å². The molecule has 2 rings (SSSR count). The Labute approximate surface area is 145 Å². The van der Waals surface area contributed by atoms with Gasteiger partial charge in [-0.3, -0.25) is 9.00 Å². The van der Waals surface area contributed by atoms with Gasteiger partial charge in [0.1, 0.15) is 5.75 Å². The van der Waals surface area contributed by atoms with Crippen LogP contribution in [-0.2, 0) is 21.3 Å². The molecule has 2 aromatic rings. The van der Waals surface area contributed by atoms with Crippen molar-refractivity contribution in [1.29, 1.82) is 0 Å². The Balaban J connectivity index is 1.74. The van der Waals surface area contributed by atoms with Gasteiger partial charge in [0.25, 0.3) is 0 Å². The summed E-state index contributed by atoms with van der Waals surface area (Å²) in [5, 5.41) is 2.87. The van der Waals surface area contributed by atoms with Gasteiger partial charge in [-0.2, -0.15) is 0 Å². The van der Waals surface area contributed by atoms with Gasteiger partial charge in [0.2, 0.25) is 5.91 Å². The number of aryl methyl sites for hydroxylation is 1. The number of benzene rings is 2. The number of amides is 1. The minimum absolute atomic E-state index is 0.0439. The Morgan fingerprint density at radius 2 is 1.96 bits per heavy atom. The lowest BCUT2D eigenvalue weighted by molar-refractivity contribution is -0.116. The Kier molecular flexibility index (Phi) is 7.00. The molecule has 2 aromatic carbocycles. The van der Waals surface area contributed by atoms with Gasteiger partial charge in [0, 0.05) is 34.9 Å². The van der Waals surface area contributed by atoms with Gasteiger partial charge in [-0.05, 0) is 48.7 Å². The van der Waals surface area contributed by atoms with Crippen LogP contribution in [0.2, 0.25) is 0 Å². The standard InChI is InChI=1S/C19H23NO3S/c1-15-6-3-9-18(12-15)23-11-5-10-19(21)20-17-8-4-7-16(13-17)14-24(2)22/h3-4,6-9,12-13H,5,10-11,14H2,1-2H3,(H,20,21)/t24-/m1/s1.